The van der Waals surface area contributed by atoms with E-state index in [0.717, 1.165) is 26.6 Å². The van der Waals surface area contributed by atoms with Gasteiger partial charge in [0.15, 0.2) is 0 Å². The normalized spacial score (nSPS) is 21.2. The Hall–Kier alpha value is -2.59. The van der Waals surface area contributed by atoms with E-state index in [1.165, 1.54) is 4.31 Å². The Morgan fingerprint density at radius 1 is 1.00 bits per heavy atom. The number of rotatable bonds is 6. The number of imide groups is 1. The average Bonchev–Trinajstić information content (AvgIpc) is 3.45. The van der Waals surface area contributed by atoms with Crippen molar-refractivity contribution in [3.63, 3.8) is 0 Å². The predicted octanol–water partition coefficient (Wildman–Crippen LogP) is 4.10. The molecule has 2 unspecified atom stereocenters. The van der Waals surface area contributed by atoms with Crippen LogP contribution in [0.4, 0.5) is 5.69 Å². The molecule has 2 amide bonds. The molecule has 0 bridgehead atoms. The first kappa shape index (κ1) is 23.2. The maximum atomic E-state index is 13.9. The number of carbonyl (C=O) groups excluding carboxylic acids is 2. The predicted molar refractivity (Wildman–Crippen MR) is 132 cm³/mol. The summed E-state index contributed by atoms with van der Waals surface area (Å²) < 4.78 is 35.4. The summed E-state index contributed by atoms with van der Waals surface area (Å²) in [6.07, 6.45) is 1.00. The van der Waals surface area contributed by atoms with Crippen LogP contribution in [0.5, 0.6) is 0 Å². The lowest BCUT2D eigenvalue weighted by Crippen LogP contribution is -2.48. The van der Waals surface area contributed by atoms with Gasteiger partial charge < -0.3 is 4.74 Å². The highest BCUT2D eigenvalue weighted by Gasteiger charge is 2.47. The maximum Gasteiger partial charge on any atom is 0.252 e. The molecule has 7 nitrogen and oxygen atoms in total. The largest absolute Gasteiger partial charge is 0.377 e. The van der Waals surface area contributed by atoms with Gasteiger partial charge in [0.2, 0.25) is 15.9 Å². The molecule has 2 aliphatic rings. The molecule has 9 heteroatoms. The first-order chi connectivity index (χ1) is 16.3. The highest BCUT2D eigenvalue weighted by atomic mass is 79.9. The number of anilines is 1. The van der Waals surface area contributed by atoms with E-state index in [1.807, 2.05) is 24.3 Å². The van der Waals surface area contributed by atoms with Crippen LogP contribution in [0, 0.1) is 0 Å². The van der Waals surface area contributed by atoms with Gasteiger partial charge in [-0.05, 0) is 60.0 Å². The van der Waals surface area contributed by atoms with Crippen LogP contribution >= 0.6 is 15.9 Å². The van der Waals surface area contributed by atoms with Crippen molar-refractivity contribution in [2.45, 2.75) is 36.3 Å². The van der Waals surface area contributed by atoms with Gasteiger partial charge in [-0.15, -0.1) is 0 Å². The van der Waals surface area contributed by atoms with Crippen molar-refractivity contribution in [1.29, 1.82) is 0 Å². The van der Waals surface area contributed by atoms with E-state index < -0.39 is 27.9 Å². The van der Waals surface area contributed by atoms with E-state index in [1.54, 1.807) is 42.5 Å². The van der Waals surface area contributed by atoms with Gasteiger partial charge in [-0.2, -0.15) is 4.31 Å². The summed E-state index contributed by atoms with van der Waals surface area (Å²) in [5, 5.41) is 1.70. The number of benzene rings is 3. The summed E-state index contributed by atoms with van der Waals surface area (Å²) in [7, 11) is -4.09. The fourth-order valence-electron chi connectivity index (χ4n) is 4.55. The Morgan fingerprint density at radius 3 is 2.44 bits per heavy atom. The first-order valence-corrected chi connectivity index (χ1v) is 13.3. The number of sulfonamides is 1. The highest BCUT2D eigenvalue weighted by Crippen LogP contribution is 2.32. The van der Waals surface area contributed by atoms with Crippen LogP contribution in [-0.2, 0) is 24.3 Å². The number of carbonyl (C=O) groups is 2. The molecule has 0 saturated carbocycles. The monoisotopic (exact) mass is 542 g/mol. The summed E-state index contributed by atoms with van der Waals surface area (Å²) >= 11 is 3.35. The molecule has 0 radical (unpaired) electrons. The molecule has 0 N–H and O–H groups in total. The molecule has 0 spiro atoms. The number of hydrogen-bond donors (Lipinski definition) is 0. The second-order valence-corrected chi connectivity index (χ2v) is 11.3. The van der Waals surface area contributed by atoms with Gasteiger partial charge in [0.25, 0.3) is 5.91 Å². The molecule has 2 aliphatic heterocycles. The Morgan fingerprint density at radius 2 is 1.74 bits per heavy atom. The third-order valence-corrected chi connectivity index (χ3v) is 8.69. The van der Waals surface area contributed by atoms with Crippen LogP contribution in [0.3, 0.4) is 0 Å². The Balaban J connectivity index is 1.53. The van der Waals surface area contributed by atoms with Crippen LogP contribution in [0.1, 0.15) is 19.3 Å². The second kappa shape index (κ2) is 9.22. The van der Waals surface area contributed by atoms with Gasteiger partial charge in [-0.1, -0.05) is 46.3 Å². The quantitative estimate of drug-likeness (QED) is 0.438. The Kier molecular flexibility index (Phi) is 6.28. The zero-order chi connectivity index (χ0) is 23.9. The van der Waals surface area contributed by atoms with Gasteiger partial charge in [0.05, 0.1) is 23.1 Å². The van der Waals surface area contributed by atoms with Gasteiger partial charge in [0.1, 0.15) is 6.04 Å². The van der Waals surface area contributed by atoms with Crippen molar-refractivity contribution in [3.05, 3.63) is 71.2 Å². The molecule has 3 aromatic carbocycles. The molecule has 34 heavy (non-hydrogen) atoms. The van der Waals surface area contributed by atoms with E-state index in [0.29, 0.717) is 18.7 Å². The van der Waals surface area contributed by atoms with Crippen LogP contribution in [-0.4, -0.2) is 49.8 Å². The third-order valence-electron chi connectivity index (χ3n) is 6.29. The minimum Gasteiger partial charge on any atom is -0.377 e. The van der Waals surface area contributed by atoms with E-state index in [4.69, 9.17) is 4.74 Å². The molecular formula is C25H23BrN2O5S. The maximum absolute atomic E-state index is 13.9. The molecule has 3 aromatic rings. The summed E-state index contributed by atoms with van der Waals surface area (Å²) in [4.78, 5) is 27.5. The van der Waals surface area contributed by atoms with Crippen LogP contribution in [0.25, 0.3) is 10.8 Å². The van der Waals surface area contributed by atoms with Gasteiger partial charge in [-0.25, -0.2) is 13.3 Å². The fourth-order valence-corrected chi connectivity index (χ4v) is 6.46. The van der Waals surface area contributed by atoms with Gasteiger partial charge >= 0.3 is 0 Å². The average molecular weight is 543 g/mol. The molecule has 2 saturated heterocycles. The van der Waals surface area contributed by atoms with Crippen molar-refractivity contribution in [3.8, 4) is 0 Å². The number of ether oxygens (including phenoxy) is 1. The topological polar surface area (TPSA) is 84.0 Å². The van der Waals surface area contributed by atoms with Crippen LogP contribution < -0.4 is 4.90 Å². The lowest BCUT2D eigenvalue weighted by molar-refractivity contribution is -0.122. The first-order valence-electron chi connectivity index (χ1n) is 11.1. The minimum absolute atomic E-state index is 0.0209. The summed E-state index contributed by atoms with van der Waals surface area (Å²) in [6, 6.07) is 18.1. The summed E-state index contributed by atoms with van der Waals surface area (Å²) in [6.45, 7) is 0.574. The summed E-state index contributed by atoms with van der Waals surface area (Å²) in [5.74, 6) is -0.974. The molecule has 5 rings (SSSR count). The molecule has 2 fully saturated rings. The molecule has 2 atom stereocenters. The van der Waals surface area contributed by atoms with E-state index in [-0.39, 0.29) is 24.0 Å². The van der Waals surface area contributed by atoms with Crippen molar-refractivity contribution in [2.24, 2.45) is 0 Å². The van der Waals surface area contributed by atoms with Crippen molar-refractivity contribution in [1.82, 2.24) is 4.31 Å². The van der Waals surface area contributed by atoms with Gasteiger partial charge in [-0.3, -0.25) is 9.59 Å². The Bertz CT molecular complexity index is 1350. The fraction of sp³-hybridized carbons (Fsp3) is 0.280. The van der Waals surface area contributed by atoms with E-state index in [2.05, 4.69) is 15.9 Å². The Labute approximate surface area is 206 Å². The van der Waals surface area contributed by atoms with Crippen LogP contribution in [0.15, 0.2) is 76.1 Å². The minimum atomic E-state index is -4.09. The van der Waals surface area contributed by atoms with Crippen molar-refractivity contribution in [2.75, 3.05) is 18.1 Å². The van der Waals surface area contributed by atoms with E-state index >= 15 is 0 Å². The molecule has 176 valence electrons. The summed E-state index contributed by atoms with van der Waals surface area (Å²) in [5.41, 5.74) is 0.417. The molecule has 0 aliphatic carbocycles. The van der Waals surface area contributed by atoms with Gasteiger partial charge in [0, 0.05) is 17.6 Å². The number of nitrogens with zero attached hydrogens (tertiary/aromatic N) is 2. The highest BCUT2D eigenvalue weighted by molar-refractivity contribution is 9.10. The standard InChI is InChI=1S/C25H23BrN2O5S/c26-19-8-10-20(11-9-19)28-24(29)15-23(25(28)30)27(16-21-6-3-13-33-21)34(31,32)22-12-7-17-4-1-2-5-18(17)14-22/h1-2,4-5,7-12,14,21,23H,3,6,13,15-16H2. The lowest BCUT2D eigenvalue weighted by atomic mass is 10.1. The van der Waals surface area contributed by atoms with Crippen LogP contribution in [0.2, 0.25) is 0 Å². The number of amides is 2. The number of fused-ring (bicyclic) bond motifs is 1. The van der Waals surface area contributed by atoms with Crippen molar-refractivity contribution < 1.29 is 22.7 Å². The molecular weight excluding hydrogens is 520 g/mol. The molecule has 0 aromatic heterocycles. The van der Waals surface area contributed by atoms with E-state index in [9.17, 15) is 18.0 Å². The zero-order valence-electron chi connectivity index (χ0n) is 18.3. The lowest BCUT2D eigenvalue weighted by Gasteiger charge is -2.29. The SMILES string of the molecule is O=C1CC(N(CC2CCCO2)S(=O)(=O)c2ccc3ccccc3c2)C(=O)N1c1ccc(Br)cc1. The zero-order valence-corrected chi connectivity index (χ0v) is 20.7. The number of hydrogen-bond acceptors (Lipinski definition) is 5. The molecule has 2 heterocycles. The number of halogens is 1. The smallest absolute Gasteiger partial charge is 0.252 e. The third kappa shape index (κ3) is 4.29. The second-order valence-electron chi connectivity index (χ2n) is 8.48. The van der Waals surface area contributed by atoms with Crippen molar-refractivity contribution >= 4 is 54.2 Å².